The third-order valence-electron chi connectivity index (χ3n) is 2.04. The van der Waals surface area contributed by atoms with Crippen LogP contribution in [0.1, 0.15) is 19.4 Å². The molecule has 0 fully saturated rings. The first-order chi connectivity index (χ1) is 8.13. The first kappa shape index (κ1) is 14.6. The largest absolute Gasteiger partial charge is 0.382 e. The SMILES string of the molecule is CCNc1cc(C(C)(F)F)cnc1NS(C)(=O)=O. The van der Waals surface area contributed by atoms with Gasteiger partial charge in [0.25, 0.3) is 5.92 Å². The molecule has 1 rings (SSSR count). The number of anilines is 2. The molecule has 5 nitrogen and oxygen atoms in total. The lowest BCUT2D eigenvalue weighted by Gasteiger charge is -2.15. The summed E-state index contributed by atoms with van der Waals surface area (Å²) in [6.45, 7) is 2.98. The molecule has 0 saturated heterocycles. The van der Waals surface area contributed by atoms with Crippen molar-refractivity contribution in [1.82, 2.24) is 4.98 Å². The summed E-state index contributed by atoms with van der Waals surface area (Å²) in [7, 11) is -3.51. The van der Waals surface area contributed by atoms with Gasteiger partial charge < -0.3 is 5.32 Å². The summed E-state index contributed by atoms with van der Waals surface area (Å²) in [6, 6.07) is 1.18. The molecule has 0 aromatic carbocycles. The average Bonchev–Trinajstić information content (AvgIpc) is 2.17. The monoisotopic (exact) mass is 279 g/mol. The Labute approximate surface area is 105 Å². The lowest BCUT2D eigenvalue weighted by molar-refractivity contribution is 0.0172. The van der Waals surface area contributed by atoms with E-state index in [-0.39, 0.29) is 17.1 Å². The van der Waals surface area contributed by atoms with Crippen molar-refractivity contribution < 1.29 is 17.2 Å². The van der Waals surface area contributed by atoms with E-state index in [4.69, 9.17) is 0 Å². The number of alkyl halides is 2. The Bertz CT molecular complexity index is 526. The molecule has 0 saturated carbocycles. The lowest BCUT2D eigenvalue weighted by atomic mass is 10.1. The summed E-state index contributed by atoms with van der Waals surface area (Å²) < 4.78 is 50.7. The van der Waals surface area contributed by atoms with Gasteiger partial charge >= 0.3 is 0 Å². The van der Waals surface area contributed by atoms with Crippen LogP contribution in [0.15, 0.2) is 12.3 Å². The summed E-state index contributed by atoms with van der Waals surface area (Å²) in [5.74, 6) is -3.02. The molecule has 0 spiro atoms. The van der Waals surface area contributed by atoms with Crippen LogP contribution in [0.2, 0.25) is 0 Å². The van der Waals surface area contributed by atoms with Crippen molar-refractivity contribution in [3.63, 3.8) is 0 Å². The molecule has 0 bridgehead atoms. The van der Waals surface area contributed by atoms with Gasteiger partial charge in [0.15, 0.2) is 5.82 Å². The third kappa shape index (κ3) is 4.10. The van der Waals surface area contributed by atoms with Crippen LogP contribution in [0.4, 0.5) is 20.3 Å². The van der Waals surface area contributed by atoms with Gasteiger partial charge in [0.05, 0.1) is 11.9 Å². The number of halogens is 2. The van der Waals surface area contributed by atoms with E-state index in [1.54, 1.807) is 6.92 Å². The molecule has 0 unspecified atom stereocenters. The molecular weight excluding hydrogens is 264 g/mol. The maximum Gasteiger partial charge on any atom is 0.272 e. The maximum atomic E-state index is 13.1. The summed E-state index contributed by atoms with van der Waals surface area (Å²) in [5.41, 5.74) is -0.0561. The molecule has 1 aromatic rings. The van der Waals surface area contributed by atoms with E-state index in [1.165, 1.54) is 6.07 Å². The normalized spacial score (nSPS) is 12.3. The molecule has 2 N–H and O–H groups in total. The number of rotatable bonds is 5. The van der Waals surface area contributed by atoms with Gasteiger partial charge in [0, 0.05) is 25.2 Å². The highest BCUT2D eigenvalue weighted by molar-refractivity contribution is 7.92. The minimum absolute atomic E-state index is 0.00681. The van der Waals surface area contributed by atoms with Crippen LogP contribution >= 0.6 is 0 Å². The van der Waals surface area contributed by atoms with Crippen LogP contribution in [0.25, 0.3) is 0 Å². The van der Waals surface area contributed by atoms with E-state index in [0.29, 0.717) is 6.54 Å². The Hall–Kier alpha value is -1.44. The van der Waals surface area contributed by atoms with Gasteiger partial charge in [-0.2, -0.15) is 0 Å². The molecule has 1 heterocycles. The van der Waals surface area contributed by atoms with E-state index in [1.807, 2.05) is 0 Å². The van der Waals surface area contributed by atoms with Gasteiger partial charge in [-0.1, -0.05) is 0 Å². The van der Waals surface area contributed by atoms with E-state index in [2.05, 4.69) is 15.0 Å². The Kier molecular flexibility index (Phi) is 4.10. The second kappa shape index (κ2) is 5.05. The van der Waals surface area contributed by atoms with Crippen molar-refractivity contribution in [3.05, 3.63) is 17.8 Å². The van der Waals surface area contributed by atoms with Crippen molar-refractivity contribution in [3.8, 4) is 0 Å². The van der Waals surface area contributed by atoms with Crippen LogP contribution in [-0.2, 0) is 15.9 Å². The van der Waals surface area contributed by atoms with Crippen molar-refractivity contribution in [2.24, 2.45) is 0 Å². The smallest absolute Gasteiger partial charge is 0.272 e. The van der Waals surface area contributed by atoms with Gasteiger partial charge in [-0.05, 0) is 13.0 Å². The van der Waals surface area contributed by atoms with Crippen LogP contribution in [0.3, 0.4) is 0 Å². The molecule has 0 aliphatic rings. The Balaban J connectivity index is 3.20. The van der Waals surface area contributed by atoms with Crippen LogP contribution < -0.4 is 10.0 Å². The van der Waals surface area contributed by atoms with E-state index in [0.717, 1.165) is 19.4 Å². The zero-order valence-electron chi connectivity index (χ0n) is 10.3. The highest BCUT2D eigenvalue weighted by atomic mass is 32.2. The van der Waals surface area contributed by atoms with Gasteiger partial charge in [-0.3, -0.25) is 4.72 Å². The minimum Gasteiger partial charge on any atom is -0.382 e. The first-order valence-corrected chi connectivity index (χ1v) is 7.12. The van der Waals surface area contributed by atoms with Crippen molar-refractivity contribution >= 4 is 21.5 Å². The Morgan fingerprint density at radius 3 is 2.50 bits per heavy atom. The molecule has 0 aliphatic heterocycles. The van der Waals surface area contributed by atoms with Gasteiger partial charge in [-0.25, -0.2) is 22.2 Å². The predicted molar refractivity (Wildman–Crippen MR) is 66.4 cm³/mol. The molecule has 0 atom stereocenters. The second-order valence-corrected chi connectivity index (χ2v) is 5.66. The van der Waals surface area contributed by atoms with E-state index >= 15 is 0 Å². The fourth-order valence-electron chi connectivity index (χ4n) is 1.29. The van der Waals surface area contributed by atoms with Crippen LogP contribution in [0.5, 0.6) is 0 Å². The van der Waals surface area contributed by atoms with Crippen molar-refractivity contribution in [1.29, 1.82) is 0 Å². The fraction of sp³-hybridized carbons (Fsp3) is 0.500. The first-order valence-electron chi connectivity index (χ1n) is 5.23. The van der Waals surface area contributed by atoms with Crippen molar-refractivity contribution in [2.75, 3.05) is 22.8 Å². The topological polar surface area (TPSA) is 71.1 Å². The standard InChI is InChI=1S/C10H15F2N3O2S/c1-4-13-8-5-7(10(2,11)12)6-14-9(8)15-18(3,16)17/h5-6,13H,4H2,1-3H3,(H,14,15). The number of sulfonamides is 1. The highest BCUT2D eigenvalue weighted by Gasteiger charge is 2.26. The Morgan fingerprint density at radius 2 is 2.06 bits per heavy atom. The molecule has 8 heteroatoms. The third-order valence-corrected chi connectivity index (χ3v) is 2.61. The fourth-order valence-corrected chi connectivity index (χ4v) is 1.80. The summed E-state index contributed by atoms with van der Waals surface area (Å²) in [6.07, 6.45) is 1.92. The van der Waals surface area contributed by atoms with Gasteiger partial charge in [-0.15, -0.1) is 0 Å². The summed E-state index contributed by atoms with van der Waals surface area (Å²) in [4.78, 5) is 3.72. The molecule has 0 aliphatic carbocycles. The summed E-state index contributed by atoms with van der Waals surface area (Å²) >= 11 is 0. The minimum atomic E-state index is -3.51. The number of nitrogens with zero attached hydrogens (tertiary/aromatic N) is 1. The summed E-state index contributed by atoms with van der Waals surface area (Å²) in [5, 5.41) is 2.79. The van der Waals surface area contributed by atoms with E-state index in [9.17, 15) is 17.2 Å². The van der Waals surface area contributed by atoms with Crippen LogP contribution in [0, 0.1) is 0 Å². The van der Waals surface area contributed by atoms with E-state index < -0.39 is 15.9 Å². The average molecular weight is 279 g/mol. The quantitative estimate of drug-likeness (QED) is 0.864. The molecular formula is C10H15F2N3O2S. The number of aromatic nitrogens is 1. The molecule has 1 aromatic heterocycles. The number of hydrogen-bond acceptors (Lipinski definition) is 4. The molecule has 102 valence electrons. The number of pyridine rings is 1. The predicted octanol–water partition coefficient (Wildman–Crippen LogP) is 2.00. The maximum absolute atomic E-state index is 13.1. The molecule has 0 radical (unpaired) electrons. The lowest BCUT2D eigenvalue weighted by Crippen LogP contribution is -2.15. The molecule has 0 amide bonds. The zero-order chi connectivity index (χ0) is 14.0. The van der Waals surface area contributed by atoms with Gasteiger partial charge in [0.2, 0.25) is 10.0 Å². The Morgan fingerprint density at radius 1 is 1.44 bits per heavy atom. The number of nitrogens with one attached hydrogen (secondary N) is 2. The second-order valence-electron chi connectivity index (χ2n) is 3.91. The van der Waals surface area contributed by atoms with Crippen molar-refractivity contribution in [2.45, 2.75) is 19.8 Å². The highest BCUT2D eigenvalue weighted by Crippen LogP contribution is 2.31. The number of hydrogen-bond donors (Lipinski definition) is 2. The molecule has 18 heavy (non-hydrogen) atoms. The zero-order valence-corrected chi connectivity index (χ0v) is 11.1. The van der Waals surface area contributed by atoms with Crippen LogP contribution in [-0.4, -0.2) is 26.2 Å². The van der Waals surface area contributed by atoms with Gasteiger partial charge in [0.1, 0.15) is 0 Å².